The topological polar surface area (TPSA) is 44.1 Å². The van der Waals surface area contributed by atoms with Crippen molar-refractivity contribution in [2.24, 2.45) is 0 Å². The van der Waals surface area contributed by atoms with Crippen molar-refractivity contribution in [1.82, 2.24) is 0 Å². The number of rotatable bonds is 6. The number of thioether (sulfide) groups is 1. The van der Waals surface area contributed by atoms with E-state index in [1.54, 1.807) is 18.2 Å². The molecule has 0 bridgehead atoms. The van der Waals surface area contributed by atoms with E-state index in [2.05, 4.69) is 15.9 Å². The van der Waals surface area contributed by atoms with Gasteiger partial charge in [0.15, 0.2) is 0 Å². The number of nitrogens with zero attached hydrogens (tertiary/aromatic N) is 2. The van der Waals surface area contributed by atoms with Gasteiger partial charge in [-0.2, -0.15) is 5.26 Å². The van der Waals surface area contributed by atoms with Gasteiger partial charge >= 0.3 is 0 Å². The fourth-order valence-electron chi connectivity index (χ4n) is 1.97. The lowest BCUT2D eigenvalue weighted by Gasteiger charge is -2.22. The highest BCUT2D eigenvalue weighted by atomic mass is 79.9. The third-order valence-electron chi connectivity index (χ3n) is 3.07. The molecule has 2 rings (SSSR count). The zero-order valence-corrected chi connectivity index (χ0v) is 14.6. The molecule has 2 aromatic rings. The highest BCUT2D eigenvalue weighted by molar-refractivity contribution is 9.10. The van der Waals surface area contributed by atoms with Crippen LogP contribution < -0.4 is 4.90 Å². The number of carbonyl (C=O) groups is 1. The molecule has 0 aromatic heterocycles. The van der Waals surface area contributed by atoms with Crippen LogP contribution in [0.15, 0.2) is 57.9 Å². The summed E-state index contributed by atoms with van der Waals surface area (Å²) >= 11 is 4.74. The SMILES string of the molecule is N#CCCN(C(=O)CSc1ccc(Br)cc1)c1ccccc1F. The van der Waals surface area contributed by atoms with Crippen molar-refractivity contribution in [2.75, 3.05) is 17.2 Å². The summed E-state index contributed by atoms with van der Waals surface area (Å²) in [5.41, 5.74) is 0.212. The predicted octanol–water partition coefficient (Wildman–Crippen LogP) is 4.63. The molecule has 0 aliphatic rings. The van der Waals surface area contributed by atoms with Gasteiger partial charge in [-0.05, 0) is 36.4 Å². The van der Waals surface area contributed by atoms with Crippen molar-refractivity contribution in [3.8, 4) is 6.07 Å². The standard InChI is InChI=1S/C17H14BrFN2OS/c18-13-6-8-14(9-7-13)23-12-17(22)21(11-3-10-20)16-5-2-1-4-15(16)19/h1-2,4-9H,3,11-12H2. The predicted molar refractivity (Wildman–Crippen MR) is 93.8 cm³/mol. The first-order valence-electron chi connectivity index (χ1n) is 6.92. The summed E-state index contributed by atoms with van der Waals surface area (Å²) in [6.45, 7) is 0.178. The molecule has 0 atom stereocenters. The first-order chi connectivity index (χ1) is 11.1. The molecule has 0 aliphatic heterocycles. The van der Waals surface area contributed by atoms with E-state index in [0.717, 1.165) is 9.37 Å². The van der Waals surface area contributed by atoms with Gasteiger partial charge < -0.3 is 4.90 Å². The van der Waals surface area contributed by atoms with Crippen LogP contribution in [-0.2, 0) is 4.79 Å². The number of nitriles is 1. The fourth-order valence-corrected chi connectivity index (χ4v) is 3.00. The molecule has 3 nitrogen and oxygen atoms in total. The van der Waals surface area contributed by atoms with Gasteiger partial charge in [0.05, 0.1) is 23.9 Å². The Balaban J connectivity index is 2.09. The molecule has 0 heterocycles. The minimum atomic E-state index is -0.465. The molecule has 0 N–H and O–H groups in total. The van der Waals surface area contributed by atoms with Gasteiger partial charge in [0.2, 0.25) is 5.91 Å². The van der Waals surface area contributed by atoms with Crippen molar-refractivity contribution >= 4 is 39.3 Å². The second-order valence-electron chi connectivity index (χ2n) is 4.65. The number of benzene rings is 2. The van der Waals surface area contributed by atoms with Crippen LogP contribution in [0.3, 0.4) is 0 Å². The minimum Gasteiger partial charge on any atom is -0.308 e. The number of anilines is 1. The number of hydrogen-bond donors (Lipinski definition) is 0. The number of carbonyl (C=O) groups excluding carboxylic acids is 1. The maximum atomic E-state index is 13.9. The van der Waals surface area contributed by atoms with Gasteiger partial charge in [-0.1, -0.05) is 28.1 Å². The molecule has 0 radical (unpaired) electrons. The van der Waals surface area contributed by atoms with E-state index >= 15 is 0 Å². The van der Waals surface area contributed by atoms with Crippen LogP contribution in [0, 0.1) is 17.1 Å². The molecule has 0 fully saturated rings. The van der Waals surface area contributed by atoms with Crippen LogP contribution >= 0.6 is 27.7 Å². The normalized spacial score (nSPS) is 10.1. The van der Waals surface area contributed by atoms with Crippen molar-refractivity contribution in [3.63, 3.8) is 0 Å². The molecule has 23 heavy (non-hydrogen) atoms. The molecular formula is C17H14BrFN2OS. The van der Waals surface area contributed by atoms with E-state index in [9.17, 15) is 9.18 Å². The molecule has 1 amide bonds. The number of para-hydroxylation sites is 1. The van der Waals surface area contributed by atoms with Crippen molar-refractivity contribution in [3.05, 3.63) is 58.8 Å². The fraction of sp³-hybridized carbons (Fsp3) is 0.176. The van der Waals surface area contributed by atoms with Gasteiger partial charge in [-0.25, -0.2) is 4.39 Å². The largest absolute Gasteiger partial charge is 0.308 e. The van der Waals surface area contributed by atoms with Crippen molar-refractivity contribution in [1.29, 1.82) is 5.26 Å². The Kier molecular flexibility index (Phi) is 6.63. The second-order valence-corrected chi connectivity index (χ2v) is 6.61. The van der Waals surface area contributed by atoms with E-state index in [-0.39, 0.29) is 30.3 Å². The van der Waals surface area contributed by atoms with E-state index in [4.69, 9.17) is 5.26 Å². The number of hydrogen-bond acceptors (Lipinski definition) is 3. The third-order valence-corrected chi connectivity index (χ3v) is 4.59. The van der Waals surface area contributed by atoms with Crippen LogP contribution in [0.25, 0.3) is 0 Å². The molecular weight excluding hydrogens is 379 g/mol. The first kappa shape index (κ1) is 17.5. The molecule has 6 heteroatoms. The Labute approximate surface area is 147 Å². The van der Waals surface area contributed by atoms with E-state index < -0.39 is 5.82 Å². The highest BCUT2D eigenvalue weighted by Gasteiger charge is 2.18. The quantitative estimate of drug-likeness (QED) is 0.673. The zero-order valence-electron chi connectivity index (χ0n) is 12.2. The van der Waals surface area contributed by atoms with Crippen LogP contribution in [0.5, 0.6) is 0 Å². The first-order valence-corrected chi connectivity index (χ1v) is 8.70. The Hall–Kier alpha value is -1.84. The monoisotopic (exact) mass is 392 g/mol. The van der Waals surface area contributed by atoms with Crippen LogP contribution in [0.1, 0.15) is 6.42 Å². The van der Waals surface area contributed by atoms with Crippen LogP contribution in [0.2, 0.25) is 0 Å². The van der Waals surface area contributed by atoms with Gasteiger partial charge in [0.25, 0.3) is 0 Å². The lowest BCUT2D eigenvalue weighted by molar-refractivity contribution is -0.116. The minimum absolute atomic E-state index is 0.156. The Morgan fingerprint density at radius 1 is 1.22 bits per heavy atom. The van der Waals surface area contributed by atoms with E-state index in [1.807, 2.05) is 30.3 Å². The smallest absolute Gasteiger partial charge is 0.237 e. The molecule has 0 aliphatic carbocycles. The molecule has 2 aromatic carbocycles. The molecule has 0 saturated carbocycles. The summed E-state index contributed by atoms with van der Waals surface area (Å²) in [7, 11) is 0. The van der Waals surface area contributed by atoms with Crippen LogP contribution in [-0.4, -0.2) is 18.2 Å². The summed E-state index contributed by atoms with van der Waals surface area (Å²) < 4.78 is 14.9. The highest BCUT2D eigenvalue weighted by Crippen LogP contribution is 2.24. The van der Waals surface area contributed by atoms with Crippen LogP contribution in [0.4, 0.5) is 10.1 Å². The van der Waals surface area contributed by atoms with E-state index in [0.29, 0.717) is 0 Å². The molecule has 0 saturated heterocycles. The zero-order chi connectivity index (χ0) is 16.7. The van der Waals surface area contributed by atoms with Crippen molar-refractivity contribution < 1.29 is 9.18 Å². The summed E-state index contributed by atoms with van der Waals surface area (Å²) in [6, 6.07) is 15.7. The van der Waals surface area contributed by atoms with Crippen molar-refractivity contribution in [2.45, 2.75) is 11.3 Å². The second kappa shape index (κ2) is 8.70. The summed E-state index contributed by atoms with van der Waals surface area (Å²) in [4.78, 5) is 14.8. The third kappa shape index (κ3) is 5.08. The maximum absolute atomic E-state index is 13.9. The van der Waals surface area contributed by atoms with Gasteiger partial charge in [-0.3, -0.25) is 4.79 Å². The Bertz CT molecular complexity index is 715. The molecule has 0 unspecified atom stereocenters. The van der Waals surface area contributed by atoms with Gasteiger partial charge in [0, 0.05) is 15.9 Å². The lowest BCUT2D eigenvalue weighted by atomic mass is 10.2. The van der Waals surface area contributed by atoms with Gasteiger partial charge in [0.1, 0.15) is 5.82 Å². The maximum Gasteiger partial charge on any atom is 0.237 e. The number of halogens is 2. The molecule has 0 spiro atoms. The van der Waals surface area contributed by atoms with E-state index in [1.165, 1.54) is 22.7 Å². The van der Waals surface area contributed by atoms with Gasteiger partial charge in [-0.15, -0.1) is 11.8 Å². The average Bonchev–Trinajstić information content (AvgIpc) is 2.56. The summed E-state index contributed by atoms with van der Waals surface area (Å²) in [5, 5.41) is 8.76. The summed E-state index contributed by atoms with van der Waals surface area (Å²) in [6.07, 6.45) is 0.156. The Morgan fingerprint density at radius 3 is 2.57 bits per heavy atom. The lowest BCUT2D eigenvalue weighted by Crippen LogP contribution is -2.34. The number of amides is 1. The Morgan fingerprint density at radius 2 is 1.91 bits per heavy atom. The summed E-state index contributed by atoms with van der Waals surface area (Å²) in [5.74, 6) is -0.507. The molecule has 118 valence electrons. The average molecular weight is 393 g/mol.